The molecule has 8 heteroatoms. The van der Waals surface area contributed by atoms with Crippen LogP contribution in [0.15, 0.2) is 18.2 Å². The number of esters is 1. The molecule has 0 heterocycles. The molecule has 0 fully saturated rings. The van der Waals surface area contributed by atoms with Crippen molar-refractivity contribution in [1.29, 1.82) is 0 Å². The van der Waals surface area contributed by atoms with E-state index in [9.17, 15) is 14.9 Å². The van der Waals surface area contributed by atoms with E-state index in [2.05, 4.69) is 10.1 Å². The number of nitrogens with zero attached hydrogens (tertiary/aromatic N) is 1. The smallest absolute Gasteiger partial charge is 0.337 e. The largest absolute Gasteiger partial charge is 0.465 e. The Morgan fingerprint density at radius 3 is 2.70 bits per heavy atom. The second-order valence-electron chi connectivity index (χ2n) is 3.96. The third-order valence-electron chi connectivity index (χ3n) is 2.56. The van der Waals surface area contributed by atoms with Crippen LogP contribution < -0.4 is 5.32 Å². The summed E-state index contributed by atoms with van der Waals surface area (Å²) in [6.45, 7) is -0.108. The average Bonchev–Trinajstić information content (AvgIpc) is 2.45. The molecule has 1 rings (SSSR count). The van der Waals surface area contributed by atoms with Gasteiger partial charge in [-0.25, -0.2) is 4.79 Å². The minimum Gasteiger partial charge on any atom is -0.465 e. The summed E-state index contributed by atoms with van der Waals surface area (Å²) in [5.74, 6) is -0.602. The maximum atomic E-state index is 11.4. The third-order valence-corrected chi connectivity index (χ3v) is 2.56. The second-order valence-corrected chi connectivity index (χ2v) is 3.96. The molecule has 1 atom stereocenters. The molecule has 20 heavy (non-hydrogen) atoms. The van der Waals surface area contributed by atoms with Crippen molar-refractivity contribution in [3.8, 4) is 0 Å². The lowest BCUT2D eigenvalue weighted by molar-refractivity contribution is -0.384. The molecule has 0 aliphatic carbocycles. The number of nitro benzene ring substituents is 1. The van der Waals surface area contributed by atoms with Crippen LogP contribution >= 0.6 is 0 Å². The normalized spacial score (nSPS) is 11.8. The van der Waals surface area contributed by atoms with E-state index in [0.717, 1.165) is 0 Å². The molecule has 1 aromatic carbocycles. The van der Waals surface area contributed by atoms with Gasteiger partial charge in [0.1, 0.15) is 5.69 Å². The minimum atomic E-state index is -0.602. The Hall–Kier alpha value is -2.19. The highest BCUT2D eigenvalue weighted by molar-refractivity contribution is 5.91. The Labute approximate surface area is 115 Å². The fourth-order valence-electron chi connectivity index (χ4n) is 1.62. The first-order valence-electron chi connectivity index (χ1n) is 5.76. The van der Waals surface area contributed by atoms with Crippen LogP contribution in [-0.4, -0.2) is 49.5 Å². The Morgan fingerprint density at radius 1 is 1.50 bits per heavy atom. The van der Waals surface area contributed by atoms with Gasteiger partial charge in [-0.05, 0) is 12.1 Å². The Kier molecular flexibility index (Phi) is 5.88. The molecule has 0 amide bonds. The molecule has 110 valence electrons. The Bertz CT molecular complexity index is 491. The zero-order valence-electron chi connectivity index (χ0n) is 11.2. The van der Waals surface area contributed by atoms with Gasteiger partial charge in [0.25, 0.3) is 5.69 Å². The number of rotatable bonds is 7. The van der Waals surface area contributed by atoms with Crippen LogP contribution in [0.25, 0.3) is 0 Å². The van der Waals surface area contributed by atoms with Crippen molar-refractivity contribution in [2.24, 2.45) is 0 Å². The van der Waals surface area contributed by atoms with Gasteiger partial charge in [-0.15, -0.1) is 0 Å². The number of aliphatic hydroxyl groups is 1. The van der Waals surface area contributed by atoms with Gasteiger partial charge in [0.2, 0.25) is 0 Å². The molecular weight excluding hydrogens is 268 g/mol. The topological polar surface area (TPSA) is 111 Å². The molecule has 0 saturated heterocycles. The summed E-state index contributed by atoms with van der Waals surface area (Å²) in [5, 5.41) is 22.9. The predicted molar refractivity (Wildman–Crippen MR) is 70.8 cm³/mol. The summed E-state index contributed by atoms with van der Waals surface area (Å²) in [6.07, 6.45) is 0. The highest BCUT2D eigenvalue weighted by atomic mass is 16.6. The molecule has 1 aromatic rings. The van der Waals surface area contributed by atoms with Crippen LogP contribution in [-0.2, 0) is 9.47 Å². The number of nitrogens with one attached hydrogen (secondary N) is 1. The van der Waals surface area contributed by atoms with Crippen molar-refractivity contribution in [3.63, 3.8) is 0 Å². The molecule has 2 N–H and O–H groups in total. The first-order chi connectivity index (χ1) is 9.53. The first kappa shape index (κ1) is 15.9. The quantitative estimate of drug-likeness (QED) is 0.432. The average molecular weight is 284 g/mol. The van der Waals surface area contributed by atoms with E-state index in [4.69, 9.17) is 9.84 Å². The maximum Gasteiger partial charge on any atom is 0.337 e. The third kappa shape index (κ3) is 3.90. The lowest BCUT2D eigenvalue weighted by atomic mass is 10.1. The predicted octanol–water partition coefficient (Wildman–Crippen LogP) is 0.801. The van der Waals surface area contributed by atoms with Crippen LogP contribution in [0.2, 0.25) is 0 Å². The summed E-state index contributed by atoms with van der Waals surface area (Å²) < 4.78 is 9.44. The van der Waals surface area contributed by atoms with E-state index in [1.165, 1.54) is 32.4 Å². The summed E-state index contributed by atoms with van der Waals surface area (Å²) >= 11 is 0. The maximum absolute atomic E-state index is 11.4. The molecular formula is C12H16N2O6. The van der Waals surface area contributed by atoms with Gasteiger partial charge in [-0.3, -0.25) is 10.1 Å². The second kappa shape index (κ2) is 7.41. The molecule has 1 unspecified atom stereocenters. The van der Waals surface area contributed by atoms with Crippen molar-refractivity contribution in [3.05, 3.63) is 33.9 Å². The lowest BCUT2D eigenvalue weighted by Crippen LogP contribution is -2.29. The van der Waals surface area contributed by atoms with Crippen LogP contribution in [0.4, 0.5) is 11.4 Å². The molecule has 0 aliphatic rings. The van der Waals surface area contributed by atoms with Gasteiger partial charge in [0.15, 0.2) is 0 Å². The van der Waals surface area contributed by atoms with Crippen LogP contribution in [0.3, 0.4) is 0 Å². The SMILES string of the molecule is COCC(CO)Nc1cc(C(=O)OC)ccc1[N+](=O)[O-]. The van der Waals surface area contributed by atoms with E-state index in [1.807, 2.05) is 0 Å². The number of anilines is 1. The Morgan fingerprint density at radius 2 is 2.20 bits per heavy atom. The zero-order chi connectivity index (χ0) is 15.1. The Balaban J connectivity index is 3.11. The van der Waals surface area contributed by atoms with Crippen LogP contribution in [0, 0.1) is 10.1 Å². The summed E-state index contributed by atoms with van der Waals surface area (Å²) in [4.78, 5) is 21.8. The fourth-order valence-corrected chi connectivity index (χ4v) is 1.62. The lowest BCUT2D eigenvalue weighted by Gasteiger charge is -2.17. The van der Waals surface area contributed by atoms with Crippen LogP contribution in [0.5, 0.6) is 0 Å². The van der Waals surface area contributed by atoms with E-state index in [-0.39, 0.29) is 30.2 Å². The summed E-state index contributed by atoms with van der Waals surface area (Å²) in [7, 11) is 2.67. The minimum absolute atomic E-state index is 0.119. The van der Waals surface area contributed by atoms with Gasteiger partial charge in [0.05, 0.1) is 36.9 Å². The number of hydrogen-bond donors (Lipinski definition) is 2. The van der Waals surface area contributed by atoms with E-state index in [1.54, 1.807) is 0 Å². The fraction of sp³-hybridized carbons (Fsp3) is 0.417. The molecule has 0 radical (unpaired) electrons. The van der Waals surface area contributed by atoms with Gasteiger partial charge < -0.3 is 19.9 Å². The standard InChI is InChI=1S/C12H16N2O6/c1-19-7-9(6-15)13-10-5-8(12(16)20-2)3-4-11(10)14(17)18/h3-5,9,13,15H,6-7H2,1-2H3. The number of benzene rings is 1. The number of methoxy groups -OCH3 is 2. The van der Waals surface area contributed by atoms with Gasteiger partial charge in [0, 0.05) is 13.2 Å². The molecule has 0 aromatic heterocycles. The number of ether oxygens (including phenoxy) is 2. The zero-order valence-corrected chi connectivity index (χ0v) is 11.2. The van der Waals surface area contributed by atoms with Crippen molar-refractivity contribution in [2.45, 2.75) is 6.04 Å². The van der Waals surface area contributed by atoms with E-state index < -0.39 is 16.9 Å². The molecule has 0 saturated carbocycles. The summed E-state index contributed by atoms with van der Waals surface area (Å²) in [5.41, 5.74) is 0.0934. The number of aliphatic hydroxyl groups excluding tert-OH is 1. The highest BCUT2D eigenvalue weighted by Gasteiger charge is 2.19. The van der Waals surface area contributed by atoms with Crippen LogP contribution in [0.1, 0.15) is 10.4 Å². The number of carbonyl (C=O) groups is 1. The van der Waals surface area contributed by atoms with Crippen molar-refractivity contribution < 1.29 is 24.3 Å². The van der Waals surface area contributed by atoms with Crippen molar-refractivity contribution in [1.82, 2.24) is 0 Å². The number of carbonyl (C=O) groups excluding carboxylic acids is 1. The number of hydrogen-bond acceptors (Lipinski definition) is 7. The monoisotopic (exact) mass is 284 g/mol. The van der Waals surface area contributed by atoms with E-state index in [0.29, 0.717) is 0 Å². The first-order valence-corrected chi connectivity index (χ1v) is 5.76. The van der Waals surface area contributed by atoms with Gasteiger partial charge >= 0.3 is 5.97 Å². The van der Waals surface area contributed by atoms with Crippen molar-refractivity contribution >= 4 is 17.3 Å². The van der Waals surface area contributed by atoms with Crippen molar-refractivity contribution in [2.75, 3.05) is 32.8 Å². The molecule has 0 bridgehead atoms. The van der Waals surface area contributed by atoms with Gasteiger partial charge in [-0.2, -0.15) is 0 Å². The molecule has 0 spiro atoms. The highest BCUT2D eigenvalue weighted by Crippen LogP contribution is 2.26. The molecule has 8 nitrogen and oxygen atoms in total. The number of nitro groups is 1. The van der Waals surface area contributed by atoms with Gasteiger partial charge in [-0.1, -0.05) is 0 Å². The molecule has 0 aliphatic heterocycles. The summed E-state index contributed by atoms with van der Waals surface area (Å²) in [6, 6.07) is 3.30. The van der Waals surface area contributed by atoms with E-state index >= 15 is 0 Å².